The molecule has 1 amide bonds. The first kappa shape index (κ1) is 18.7. The highest BCUT2D eigenvalue weighted by molar-refractivity contribution is 7.14. The number of amides is 1. The average molecular weight is 406 g/mol. The molecule has 0 spiro atoms. The zero-order valence-electron chi connectivity index (χ0n) is 15.3. The van der Waals surface area contributed by atoms with Crippen molar-refractivity contribution in [1.82, 2.24) is 15.0 Å². The Bertz CT molecular complexity index is 1180. The molecule has 0 atom stereocenters. The number of nitrogens with zero attached hydrogens (tertiary/aromatic N) is 3. The number of methoxy groups -OCH3 is 1. The third-order valence-electron chi connectivity index (χ3n) is 4.10. The van der Waals surface area contributed by atoms with Crippen LogP contribution in [0.5, 0.6) is 5.88 Å². The summed E-state index contributed by atoms with van der Waals surface area (Å²) >= 11 is 1.27. The van der Waals surface area contributed by atoms with E-state index in [0.717, 1.165) is 0 Å². The molecule has 4 rings (SSSR count). The molecule has 0 unspecified atom stereocenters. The molecular formula is C21H15FN4O2S. The summed E-state index contributed by atoms with van der Waals surface area (Å²) in [4.78, 5) is 25.8. The number of rotatable bonds is 5. The van der Waals surface area contributed by atoms with Crippen LogP contribution in [0.2, 0.25) is 0 Å². The molecule has 0 fully saturated rings. The lowest BCUT2D eigenvalue weighted by molar-refractivity contribution is 0.102. The highest BCUT2D eigenvalue weighted by Crippen LogP contribution is 2.27. The van der Waals surface area contributed by atoms with E-state index < -0.39 is 11.7 Å². The Morgan fingerprint density at radius 3 is 2.72 bits per heavy atom. The maximum Gasteiger partial charge on any atom is 0.259 e. The van der Waals surface area contributed by atoms with E-state index in [9.17, 15) is 9.18 Å². The zero-order chi connectivity index (χ0) is 20.2. The summed E-state index contributed by atoms with van der Waals surface area (Å²) in [5, 5.41) is 4.94. The highest BCUT2D eigenvalue weighted by atomic mass is 32.1. The Balaban J connectivity index is 1.60. The number of hydrogen-bond donors (Lipinski definition) is 1. The van der Waals surface area contributed by atoms with Gasteiger partial charge < -0.3 is 4.74 Å². The van der Waals surface area contributed by atoms with Gasteiger partial charge in [-0.25, -0.2) is 14.4 Å². The predicted octanol–water partition coefficient (Wildman–Crippen LogP) is 4.67. The van der Waals surface area contributed by atoms with Gasteiger partial charge in [0.05, 0.1) is 24.1 Å². The van der Waals surface area contributed by atoms with Gasteiger partial charge in [0.15, 0.2) is 5.13 Å². The summed E-state index contributed by atoms with van der Waals surface area (Å²) < 4.78 is 19.3. The van der Waals surface area contributed by atoms with Crippen LogP contribution in [0, 0.1) is 5.82 Å². The minimum Gasteiger partial charge on any atom is -0.481 e. The van der Waals surface area contributed by atoms with E-state index in [2.05, 4.69) is 20.3 Å². The number of ether oxygens (including phenoxy) is 1. The monoisotopic (exact) mass is 406 g/mol. The van der Waals surface area contributed by atoms with Gasteiger partial charge in [-0.3, -0.25) is 15.1 Å². The highest BCUT2D eigenvalue weighted by Gasteiger charge is 2.18. The van der Waals surface area contributed by atoms with Crippen molar-refractivity contribution in [2.75, 3.05) is 12.4 Å². The van der Waals surface area contributed by atoms with Gasteiger partial charge in [0.25, 0.3) is 5.91 Å². The number of pyridine rings is 2. The minimum absolute atomic E-state index is 0.258. The topological polar surface area (TPSA) is 77.0 Å². The van der Waals surface area contributed by atoms with Crippen LogP contribution in [0.25, 0.3) is 22.6 Å². The average Bonchev–Trinajstić information content (AvgIpc) is 3.22. The molecule has 0 bridgehead atoms. The number of anilines is 1. The summed E-state index contributed by atoms with van der Waals surface area (Å²) in [5.41, 5.74) is 2.04. The van der Waals surface area contributed by atoms with Crippen LogP contribution < -0.4 is 10.1 Å². The van der Waals surface area contributed by atoms with Gasteiger partial charge in [0.2, 0.25) is 5.88 Å². The van der Waals surface area contributed by atoms with Gasteiger partial charge in [-0.05, 0) is 30.3 Å². The quantitative estimate of drug-likeness (QED) is 0.521. The van der Waals surface area contributed by atoms with Crippen molar-refractivity contribution in [3.63, 3.8) is 0 Å². The summed E-state index contributed by atoms with van der Waals surface area (Å²) in [6.07, 6.45) is 1.52. The number of aromatic nitrogens is 3. The first-order chi connectivity index (χ1) is 14.2. The van der Waals surface area contributed by atoms with Crippen LogP contribution in [-0.4, -0.2) is 28.0 Å². The third kappa shape index (κ3) is 3.97. The van der Waals surface area contributed by atoms with Crippen LogP contribution >= 0.6 is 11.3 Å². The Hall–Kier alpha value is -3.65. The second kappa shape index (κ2) is 8.15. The molecule has 0 saturated heterocycles. The second-order valence-electron chi connectivity index (χ2n) is 5.94. The first-order valence-electron chi connectivity index (χ1n) is 8.64. The van der Waals surface area contributed by atoms with Gasteiger partial charge in [-0.15, -0.1) is 11.3 Å². The van der Waals surface area contributed by atoms with Crippen molar-refractivity contribution in [2.45, 2.75) is 0 Å². The fraction of sp³-hybridized carbons (Fsp3) is 0.0476. The molecule has 1 N–H and O–H groups in total. The molecule has 3 aromatic heterocycles. The molecule has 4 aromatic rings. The van der Waals surface area contributed by atoms with E-state index in [0.29, 0.717) is 22.4 Å². The fourth-order valence-electron chi connectivity index (χ4n) is 2.74. The molecule has 144 valence electrons. The molecule has 0 aliphatic rings. The number of carbonyl (C=O) groups excluding carboxylic acids is 1. The van der Waals surface area contributed by atoms with Crippen LogP contribution in [0.3, 0.4) is 0 Å². The number of hydrogen-bond acceptors (Lipinski definition) is 6. The number of thiazole rings is 1. The molecule has 0 aliphatic heterocycles. The molecule has 0 aliphatic carbocycles. The first-order valence-corrected chi connectivity index (χ1v) is 9.52. The van der Waals surface area contributed by atoms with Gasteiger partial charge in [0, 0.05) is 23.2 Å². The van der Waals surface area contributed by atoms with Gasteiger partial charge >= 0.3 is 0 Å². The second-order valence-corrected chi connectivity index (χ2v) is 6.79. The molecule has 0 saturated carbocycles. The molecule has 8 heteroatoms. The number of benzene rings is 1. The Labute approximate surface area is 170 Å². The Morgan fingerprint density at radius 2 is 1.90 bits per heavy atom. The van der Waals surface area contributed by atoms with E-state index in [1.165, 1.54) is 23.6 Å². The van der Waals surface area contributed by atoms with Crippen molar-refractivity contribution in [3.05, 3.63) is 77.6 Å². The molecule has 0 radical (unpaired) electrons. The number of carbonyl (C=O) groups is 1. The van der Waals surface area contributed by atoms with Crippen LogP contribution in [-0.2, 0) is 0 Å². The minimum atomic E-state index is -0.444. The maximum atomic E-state index is 14.2. The Kier molecular flexibility index (Phi) is 5.26. The van der Waals surface area contributed by atoms with E-state index in [1.807, 2.05) is 6.07 Å². The smallest absolute Gasteiger partial charge is 0.259 e. The van der Waals surface area contributed by atoms with Crippen molar-refractivity contribution < 1.29 is 13.9 Å². The molecule has 6 nitrogen and oxygen atoms in total. The van der Waals surface area contributed by atoms with E-state index in [1.54, 1.807) is 55.0 Å². The molecule has 3 heterocycles. The van der Waals surface area contributed by atoms with Gasteiger partial charge in [-0.2, -0.15) is 0 Å². The van der Waals surface area contributed by atoms with Gasteiger partial charge in [-0.1, -0.05) is 18.2 Å². The molecular weight excluding hydrogens is 391 g/mol. The van der Waals surface area contributed by atoms with Crippen LogP contribution in [0.4, 0.5) is 9.52 Å². The van der Waals surface area contributed by atoms with E-state index in [-0.39, 0.29) is 16.8 Å². The largest absolute Gasteiger partial charge is 0.481 e. The SMILES string of the molecule is COc1cccc(-c2csc(NC(=O)c3cccnc3-c3ccccc3F)n2)n1. The van der Waals surface area contributed by atoms with E-state index in [4.69, 9.17) is 4.74 Å². The summed E-state index contributed by atoms with van der Waals surface area (Å²) in [7, 11) is 1.54. The van der Waals surface area contributed by atoms with E-state index >= 15 is 0 Å². The lowest BCUT2D eigenvalue weighted by atomic mass is 10.0. The Morgan fingerprint density at radius 1 is 1.03 bits per heavy atom. The summed E-state index contributed by atoms with van der Waals surface area (Å²) in [6.45, 7) is 0. The standard InChI is InChI=1S/C21H15FN4O2S/c1-28-18-10-4-9-16(24-18)17-12-29-21(25-17)26-20(27)14-7-5-11-23-19(14)13-6-2-3-8-15(13)22/h2-12H,1H3,(H,25,26,27). The number of halogens is 1. The summed E-state index contributed by atoms with van der Waals surface area (Å²) in [5.74, 6) is -0.386. The van der Waals surface area contributed by atoms with Crippen molar-refractivity contribution >= 4 is 22.4 Å². The molecule has 29 heavy (non-hydrogen) atoms. The maximum absolute atomic E-state index is 14.2. The lowest BCUT2D eigenvalue weighted by Gasteiger charge is -2.08. The van der Waals surface area contributed by atoms with Crippen LogP contribution in [0.1, 0.15) is 10.4 Å². The van der Waals surface area contributed by atoms with Crippen molar-refractivity contribution in [3.8, 4) is 28.5 Å². The normalized spacial score (nSPS) is 10.6. The van der Waals surface area contributed by atoms with Crippen LogP contribution in [0.15, 0.2) is 66.2 Å². The number of nitrogens with one attached hydrogen (secondary N) is 1. The zero-order valence-corrected chi connectivity index (χ0v) is 16.1. The van der Waals surface area contributed by atoms with Crippen molar-refractivity contribution in [1.29, 1.82) is 0 Å². The predicted molar refractivity (Wildman–Crippen MR) is 109 cm³/mol. The summed E-state index contributed by atoms with van der Waals surface area (Å²) in [6, 6.07) is 14.8. The van der Waals surface area contributed by atoms with Gasteiger partial charge in [0.1, 0.15) is 11.5 Å². The third-order valence-corrected chi connectivity index (χ3v) is 4.86. The van der Waals surface area contributed by atoms with Crippen molar-refractivity contribution in [2.24, 2.45) is 0 Å². The lowest BCUT2D eigenvalue weighted by Crippen LogP contribution is -2.14. The fourth-order valence-corrected chi connectivity index (χ4v) is 3.44. The molecule has 1 aromatic carbocycles.